The fourth-order valence-electron chi connectivity index (χ4n) is 1.23. The second-order valence-corrected chi connectivity index (χ2v) is 2.98. The number of rotatable bonds is 3. The Bertz CT molecular complexity index is 478. The smallest absolute Gasteiger partial charge is 0.341 e. The molecular weight excluding hydrogens is 261 g/mol. The van der Waals surface area contributed by atoms with Crippen molar-refractivity contribution >= 4 is 17.9 Å². The van der Waals surface area contributed by atoms with Crippen LogP contribution in [0.3, 0.4) is 0 Å². The highest BCUT2D eigenvalue weighted by molar-refractivity contribution is 6.00. The highest BCUT2D eigenvalue weighted by Crippen LogP contribution is 2.25. The average molecular weight is 264 g/mol. The van der Waals surface area contributed by atoms with Crippen molar-refractivity contribution < 1.29 is 42.9 Å². The highest BCUT2D eigenvalue weighted by Gasteiger charge is 2.34. The molecule has 6 nitrogen and oxygen atoms in total. The third-order valence-corrected chi connectivity index (χ3v) is 1.96. The number of halogens is 3. The maximum absolute atomic E-state index is 13.3. The van der Waals surface area contributed by atoms with Gasteiger partial charge in [-0.3, -0.25) is 0 Å². The Morgan fingerprint density at radius 3 is 0.889 bits per heavy atom. The first-order chi connectivity index (χ1) is 8.20. The topological polar surface area (TPSA) is 112 Å². The molecule has 0 aliphatic heterocycles. The Hall–Kier alpha value is -2.58. The number of aromatic carboxylic acids is 3. The molecule has 1 aromatic carbocycles. The summed E-state index contributed by atoms with van der Waals surface area (Å²) in [5.41, 5.74) is -5.52. The van der Waals surface area contributed by atoms with E-state index in [1.54, 1.807) is 0 Å². The van der Waals surface area contributed by atoms with Crippen molar-refractivity contribution in [1.29, 1.82) is 0 Å². The van der Waals surface area contributed by atoms with E-state index in [9.17, 15) is 27.6 Å². The first kappa shape index (κ1) is 13.5. The summed E-state index contributed by atoms with van der Waals surface area (Å²) >= 11 is 0. The summed E-state index contributed by atoms with van der Waals surface area (Å²) in [5.74, 6) is -13.3. The maximum Gasteiger partial charge on any atom is 0.341 e. The molecule has 0 aromatic heterocycles. The lowest BCUT2D eigenvalue weighted by atomic mass is 10.0. The van der Waals surface area contributed by atoms with E-state index < -0.39 is 52.0 Å². The van der Waals surface area contributed by atoms with E-state index in [1.807, 2.05) is 0 Å². The largest absolute Gasteiger partial charge is 0.477 e. The normalized spacial score (nSPS) is 10.2. The average Bonchev–Trinajstić information content (AvgIpc) is 2.14. The Kier molecular flexibility index (Phi) is 3.26. The van der Waals surface area contributed by atoms with E-state index in [2.05, 4.69) is 0 Å². The van der Waals surface area contributed by atoms with Gasteiger partial charge in [0.2, 0.25) is 0 Å². The molecule has 0 spiro atoms. The molecule has 1 rings (SSSR count). The van der Waals surface area contributed by atoms with Crippen molar-refractivity contribution in [3.05, 3.63) is 34.1 Å². The van der Waals surface area contributed by atoms with Crippen molar-refractivity contribution in [2.45, 2.75) is 0 Å². The standard InChI is InChI=1S/C9H3F3O6/c10-4-1(7(13)14)5(11)3(9(17)18)6(12)2(4)8(15)16/h(H,13,14)(H,15,16)(H,17,18). The number of hydrogen-bond acceptors (Lipinski definition) is 3. The molecular formula is C9H3F3O6. The molecule has 0 aliphatic carbocycles. The highest BCUT2D eigenvalue weighted by atomic mass is 19.1. The van der Waals surface area contributed by atoms with E-state index in [4.69, 9.17) is 15.3 Å². The molecule has 0 atom stereocenters. The molecule has 18 heavy (non-hydrogen) atoms. The number of hydrogen-bond donors (Lipinski definition) is 3. The molecule has 1 aromatic rings. The Balaban J connectivity index is 3.94. The molecule has 3 N–H and O–H groups in total. The van der Waals surface area contributed by atoms with Gasteiger partial charge in [-0.1, -0.05) is 0 Å². The maximum atomic E-state index is 13.3. The lowest BCUT2D eigenvalue weighted by molar-refractivity contribution is 0.0674. The van der Waals surface area contributed by atoms with Gasteiger partial charge in [-0.25, -0.2) is 27.6 Å². The summed E-state index contributed by atoms with van der Waals surface area (Å²) in [6.45, 7) is 0. The Morgan fingerprint density at radius 1 is 0.611 bits per heavy atom. The van der Waals surface area contributed by atoms with Gasteiger partial charge in [0.15, 0.2) is 17.5 Å². The van der Waals surface area contributed by atoms with Gasteiger partial charge in [-0.05, 0) is 0 Å². The van der Waals surface area contributed by atoms with E-state index in [-0.39, 0.29) is 0 Å². The SMILES string of the molecule is O=C(O)c1c(F)c(C(=O)O)c(F)c(C(=O)O)c1F. The van der Waals surface area contributed by atoms with Crippen molar-refractivity contribution in [1.82, 2.24) is 0 Å². The zero-order valence-corrected chi connectivity index (χ0v) is 8.20. The fourth-order valence-corrected chi connectivity index (χ4v) is 1.23. The lowest BCUT2D eigenvalue weighted by Gasteiger charge is -2.08. The third-order valence-electron chi connectivity index (χ3n) is 1.96. The number of carboxylic acid groups (broad SMARTS) is 3. The van der Waals surface area contributed by atoms with Crippen LogP contribution in [0, 0.1) is 17.5 Å². The van der Waals surface area contributed by atoms with Crippen LogP contribution in [0.2, 0.25) is 0 Å². The van der Waals surface area contributed by atoms with Gasteiger partial charge in [-0.15, -0.1) is 0 Å². The molecule has 0 amide bonds. The van der Waals surface area contributed by atoms with Gasteiger partial charge in [0, 0.05) is 0 Å². The molecule has 0 saturated carbocycles. The van der Waals surface area contributed by atoms with Gasteiger partial charge in [0.1, 0.15) is 16.7 Å². The van der Waals surface area contributed by atoms with Gasteiger partial charge in [-0.2, -0.15) is 0 Å². The molecule has 0 saturated heterocycles. The van der Waals surface area contributed by atoms with E-state index in [0.717, 1.165) is 0 Å². The van der Waals surface area contributed by atoms with Crippen LogP contribution < -0.4 is 0 Å². The molecule has 0 radical (unpaired) electrons. The molecule has 0 fully saturated rings. The van der Waals surface area contributed by atoms with Crippen LogP contribution in [0.25, 0.3) is 0 Å². The first-order valence-corrected chi connectivity index (χ1v) is 4.10. The van der Waals surface area contributed by atoms with Crippen molar-refractivity contribution in [3.63, 3.8) is 0 Å². The lowest BCUT2D eigenvalue weighted by Crippen LogP contribution is -2.19. The van der Waals surface area contributed by atoms with Crippen LogP contribution in [0.5, 0.6) is 0 Å². The molecule has 0 aliphatic rings. The van der Waals surface area contributed by atoms with Crippen molar-refractivity contribution in [2.24, 2.45) is 0 Å². The van der Waals surface area contributed by atoms with Crippen molar-refractivity contribution in [3.8, 4) is 0 Å². The monoisotopic (exact) mass is 264 g/mol. The number of carboxylic acids is 3. The number of benzene rings is 1. The minimum absolute atomic E-state index is 1.84. The van der Waals surface area contributed by atoms with Gasteiger partial charge in [0.25, 0.3) is 0 Å². The van der Waals surface area contributed by atoms with Crippen LogP contribution in [0.4, 0.5) is 13.2 Å². The molecule has 0 heterocycles. The summed E-state index contributed by atoms with van der Waals surface area (Å²) in [4.78, 5) is 31.5. The number of carbonyl (C=O) groups is 3. The fraction of sp³-hybridized carbons (Fsp3) is 0. The minimum Gasteiger partial charge on any atom is -0.477 e. The van der Waals surface area contributed by atoms with Gasteiger partial charge >= 0.3 is 17.9 Å². The molecule has 0 bridgehead atoms. The summed E-state index contributed by atoms with van der Waals surface area (Å²) in [5, 5.41) is 25.4. The quantitative estimate of drug-likeness (QED) is 0.756. The summed E-state index contributed by atoms with van der Waals surface area (Å²) in [6, 6.07) is 0. The predicted molar refractivity (Wildman–Crippen MR) is 47.2 cm³/mol. The molecule has 96 valence electrons. The first-order valence-electron chi connectivity index (χ1n) is 4.10. The minimum atomic E-state index is -2.25. The molecule has 0 unspecified atom stereocenters. The zero-order chi connectivity index (χ0) is 14.2. The second kappa shape index (κ2) is 4.35. The van der Waals surface area contributed by atoms with Crippen LogP contribution in [0.1, 0.15) is 31.1 Å². The van der Waals surface area contributed by atoms with Crippen LogP contribution in [-0.4, -0.2) is 33.2 Å². The van der Waals surface area contributed by atoms with Crippen LogP contribution in [0.15, 0.2) is 0 Å². The van der Waals surface area contributed by atoms with Gasteiger partial charge < -0.3 is 15.3 Å². The summed E-state index contributed by atoms with van der Waals surface area (Å²) < 4.78 is 39.9. The van der Waals surface area contributed by atoms with Gasteiger partial charge in [0.05, 0.1) is 0 Å². The summed E-state index contributed by atoms with van der Waals surface area (Å²) in [6.07, 6.45) is 0. The second-order valence-electron chi connectivity index (χ2n) is 2.98. The Labute approximate surface area is 95.9 Å². The molecule has 9 heteroatoms. The zero-order valence-electron chi connectivity index (χ0n) is 8.20. The van der Waals surface area contributed by atoms with E-state index >= 15 is 0 Å². The van der Waals surface area contributed by atoms with E-state index in [1.165, 1.54) is 0 Å². The summed E-state index contributed by atoms with van der Waals surface area (Å²) in [7, 11) is 0. The van der Waals surface area contributed by atoms with Crippen LogP contribution in [-0.2, 0) is 0 Å². The third kappa shape index (κ3) is 1.85. The van der Waals surface area contributed by atoms with E-state index in [0.29, 0.717) is 0 Å². The predicted octanol–water partition coefficient (Wildman–Crippen LogP) is 1.20. The van der Waals surface area contributed by atoms with Crippen LogP contribution >= 0.6 is 0 Å². The Morgan fingerprint density at radius 2 is 0.778 bits per heavy atom. The van der Waals surface area contributed by atoms with Crippen molar-refractivity contribution in [2.75, 3.05) is 0 Å².